The van der Waals surface area contributed by atoms with Crippen molar-refractivity contribution in [2.75, 3.05) is 26.7 Å². The van der Waals surface area contributed by atoms with E-state index in [1.54, 1.807) is 13.2 Å². The first-order valence-electron chi connectivity index (χ1n) is 11.9. The zero-order chi connectivity index (χ0) is 23.8. The molecule has 2 atom stereocenters. The lowest BCUT2D eigenvalue weighted by atomic mass is 9.99. The second-order valence-corrected chi connectivity index (χ2v) is 9.14. The Labute approximate surface area is 197 Å². The van der Waals surface area contributed by atoms with Crippen LogP contribution < -0.4 is 15.4 Å². The minimum Gasteiger partial charge on any atom is -0.497 e. The van der Waals surface area contributed by atoms with Crippen LogP contribution in [0.25, 0.3) is 0 Å². The summed E-state index contributed by atoms with van der Waals surface area (Å²) in [5, 5.41) is 6.08. The molecule has 0 aliphatic carbocycles. The molecular formula is C27H37N3O3. The second kappa shape index (κ2) is 11.8. The molecule has 1 heterocycles. The predicted molar refractivity (Wildman–Crippen MR) is 131 cm³/mol. The van der Waals surface area contributed by atoms with E-state index in [9.17, 15) is 9.59 Å². The maximum Gasteiger partial charge on any atom is 0.252 e. The zero-order valence-electron chi connectivity index (χ0n) is 20.3. The van der Waals surface area contributed by atoms with Gasteiger partial charge in [-0.1, -0.05) is 50.6 Å². The molecule has 6 nitrogen and oxygen atoms in total. The fourth-order valence-electron chi connectivity index (χ4n) is 4.40. The van der Waals surface area contributed by atoms with Gasteiger partial charge in [0.05, 0.1) is 13.2 Å². The molecule has 1 saturated heterocycles. The Kier molecular flexibility index (Phi) is 8.89. The van der Waals surface area contributed by atoms with Crippen LogP contribution in [0.4, 0.5) is 0 Å². The summed E-state index contributed by atoms with van der Waals surface area (Å²) >= 11 is 0. The van der Waals surface area contributed by atoms with Gasteiger partial charge in [0.2, 0.25) is 5.91 Å². The van der Waals surface area contributed by atoms with Crippen LogP contribution in [0, 0.1) is 12.8 Å². The highest BCUT2D eigenvalue weighted by atomic mass is 16.5. The number of hydrogen-bond donors (Lipinski definition) is 2. The third-order valence-electron chi connectivity index (χ3n) is 6.43. The molecule has 2 aromatic rings. The lowest BCUT2D eigenvalue weighted by molar-refractivity contribution is -0.124. The molecule has 178 valence electrons. The number of nitrogens with zero attached hydrogens (tertiary/aromatic N) is 1. The fraction of sp³-hybridized carbons (Fsp3) is 0.481. The van der Waals surface area contributed by atoms with Gasteiger partial charge in [0.25, 0.3) is 5.91 Å². The van der Waals surface area contributed by atoms with E-state index < -0.39 is 6.04 Å². The molecule has 2 amide bonds. The third-order valence-corrected chi connectivity index (χ3v) is 6.43. The van der Waals surface area contributed by atoms with Crippen molar-refractivity contribution < 1.29 is 14.3 Å². The van der Waals surface area contributed by atoms with Crippen LogP contribution >= 0.6 is 0 Å². The smallest absolute Gasteiger partial charge is 0.252 e. The predicted octanol–water partition coefficient (Wildman–Crippen LogP) is 4.10. The number of hydrogen-bond acceptors (Lipinski definition) is 4. The molecule has 1 aliphatic heterocycles. The van der Waals surface area contributed by atoms with E-state index in [4.69, 9.17) is 4.74 Å². The summed E-state index contributed by atoms with van der Waals surface area (Å²) in [6, 6.07) is 15.0. The molecule has 0 bridgehead atoms. The van der Waals surface area contributed by atoms with Gasteiger partial charge in [0.1, 0.15) is 11.8 Å². The van der Waals surface area contributed by atoms with Crippen LogP contribution in [-0.4, -0.2) is 49.5 Å². The number of likely N-dealkylation sites (tertiary alicyclic amines) is 1. The number of nitrogens with one attached hydrogen (secondary N) is 2. The summed E-state index contributed by atoms with van der Waals surface area (Å²) in [5.41, 5.74) is 2.64. The Bertz CT molecular complexity index is 920. The first kappa shape index (κ1) is 24.8. The molecule has 0 spiro atoms. The maximum atomic E-state index is 13.2. The van der Waals surface area contributed by atoms with Gasteiger partial charge in [-0.3, -0.25) is 14.5 Å². The number of benzene rings is 2. The van der Waals surface area contributed by atoms with Crippen molar-refractivity contribution in [1.82, 2.24) is 15.5 Å². The number of carbonyl (C=O) groups excluding carboxylic acids is 2. The molecule has 3 rings (SSSR count). The van der Waals surface area contributed by atoms with E-state index in [-0.39, 0.29) is 23.8 Å². The van der Waals surface area contributed by atoms with Gasteiger partial charge in [-0.2, -0.15) is 0 Å². The number of carbonyl (C=O) groups is 2. The number of methoxy groups -OCH3 is 1. The highest BCUT2D eigenvalue weighted by Crippen LogP contribution is 2.26. The fourth-order valence-corrected chi connectivity index (χ4v) is 4.40. The Morgan fingerprint density at radius 2 is 1.67 bits per heavy atom. The molecule has 2 N–H and O–H groups in total. The monoisotopic (exact) mass is 451 g/mol. The van der Waals surface area contributed by atoms with Gasteiger partial charge >= 0.3 is 0 Å². The van der Waals surface area contributed by atoms with Crippen molar-refractivity contribution in [2.24, 2.45) is 5.92 Å². The van der Waals surface area contributed by atoms with E-state index in [2.05, 4.69) is 27.7 Å². The Balaban J connectivity index is 1.71. The van der Waals surface area contributed by atoms with Crippen molar-refractivity contribution in [3.63, 3.8) is 0 Å². The molecule has 33 heavy (non-hydrogen) atoms. The Morgan fingerprint density at radius 3 is 2.27 bits per heavy atom. The summed E-state index contributed by atoms with van der Waals surface area (Å²) in [4.78, 5) is 28.5. The number of ether oxygens (including phenoxy) is 1. The van der Waals surface area contributed by atoms with Crippen LogP contribution in [0.15, 0.2) is 48.5 Å². The van der Waals surface area contributed by atoms with E-state index in [0.29, 0.717) is 12.1 Å². The van der Waals surface area contributed by atoms with Gasteiger partial charge in [-0.15, -0.1) is 0 Å². The first-order valence-corrected chi connectivity index (χ1v) is 11.9. The SMILES string of the molecule is COc1ccc(C(CNC(=O)C(NC(=O)c2ccccc2C)C(C)C)N2CCCCC2)cc1. The van der Waals surface area contributed by atoms with Gasteiger partial charge in [0.15, 0.2) is 0 Å². The molecule has 0 radical (unpaired) electrons. The van der Waals surface area contributed by atoms with Crippen molar-refractivity contribution in [3.8, 4) is 5.75 Å². The highest BCUT2D eigenvalue weighted by Gasteiger charge is 2.28. The molecule has 1 fully saturated rings. The number of amides is 2. The molecule has 0 aromatic heterocycles. The van der Waals surface area contributed by atoms with Gasteiger partial charge in [0, 0.05) is 12.1 Å². The van der Waals surface area contributed by atoms with E-state index >= 15 is 0 Å². The van der Waals surface area contributed by atoms with Crippen LogP contribution in [0.1, 0.15) is 60.6 Å². The Morgan fingerprint density at radius 1 is 1.00 bits per heavy atom. The molecule has 2 aromatic carbocycles. The topological polar surface area (TPSA) is 70.7 Å². The normalized spacial score (nSPS) is 16.2. The van der Waals surface area contributed by atoms with Crippen LogP contribution in [0.5, 0.6) is 5.75 Å². The molecular weight excluding hydrogens is 414 g/mol. The van der Waals surface area contributed by atoms with Crippen molar-refractivity contribution in [3.05, 3.63) is 65.2 Å². The molecule has 0 saturated carbocycles. The molecule has 6 heteroatoms. The summed E-state index contributed by atoms with van der Waals surface area (Å²) in [7, 11) is 1.66. The lowest BCUT2D eigenvalue weighted by Gasteiger charge is -2.35. The lowest BCUT2D eigenvalue weighted by Crippen LogP contribution is -2.51. The minimum absolute atomic E-state index is 0.0348. The zero-order valence-corrected chi connectivity index (χ0v) is 20.3. The first-order chi connectivity index (χ1) is 15.9. The summed E-state index contributed by atoms with van der Waals surface area (Å²) in [5.74, 6) is 0.415. The Hall–Kier alpha value is -2.86. The van der Waals surface area contributed by atoms with Crippen molar-refractivity contribution in [1.29, 1.82) is 0 Å². The average Bonchev–Trinajstić information content (AvgIpc) is 2.83. The van der Waals surface area contributed by atoms with Crippen LogP contribution in [0.2, 0.25) is 0 Å². The van der Waals surface area contributed by atoms with Gasteiger partial charge in [-0.25, -0.2) is 0 Å². The van der Waals surface area contributed by atoms with Crippen LogP contribution in [0.3, 0.4) is 0 Å². The molecule has 1 aliphatic rings. The average molecular weight is 452 g/mol. The quantitative estimate of drug-likeness (QED) is 0.602. The summed E-state index contributed by atoms with van der Waals surface area (Å²) < 4.78 is 5.31. The summed E-state index contributed by atoms with van der Waals surface area (Å²) in [6.45, 7) is 8.34. The largest absolute Gasteiger partial charge is 0.497 e. The molecule has 2 unspecified atom stereocenters. The van der Waals surface area contributed by atoms with Gasteiger partial charge in [-0.05, 0) is 68.1 Å². The highest BCUT2D eigenvalue weighted by molar-refractivity contribution is 5.98. The standard InChI is InChI=1S/C27H37N3O3/c1-19(2)25(29-26(31)23-11-7-6-10-20(23)3)27(32)28-18-24(30-16-8-5-9-17-30)21-12-14-22(33-4)15-13-21/h6-7,10-15,19,24-25H,5,8-9,16-18H2,1-4H3,(H,28,32)(H,29,31). The van der Waals surface area contributed by atoms with E-state index in [1.807, 2.05) is 51.1 Å². The number of piperidine rings is 1. The van der Waals surface area contributed by atoms with Crippen LogP contribution in [-0.2, 0) is 4.79 Å². The third kappa shape index (κ3) is 6.57. The number of rotatable bonds is 9. The second-order valence-electron chi connectivity index (χ2n) is 9.14. The van der Waals surface area contributed by atoms with E-state index in [0.717, 1.165) is 30.0 Å². The summed E-state index contributed by atoms with van der Waals surface area (Å²) in [6.07, 6.45) is 3.59. The van der Waals surface area contributed by atoms with Crippen molar-refractivity contribution in [2.45, 2.75) is 52.1 Å². The number of aryl methyl sites for hydroxylation is 1. The van der Waals surface area contributed by atoms with Gasteiger partial charge < -0.3 is 15.4 Å². The maximum absolute atomic E-state index is 13.2. The minimum atomic E-state index is -0.602. The van der Waals surface area contributed by atoms with Crippen molar-refractivity contribution >= 4 is 11.8 Å². The van der Waals surface area contributed by atoms with E-state index in [1.165, 1.54) is 19.3 Å².